The largest absolute Gasteiger partial charge is 0.488 e. The normalized spacial score (nSPS) is 11.4. The molecule has 0 amide bonds. The van der Waals surface area contributed by atoms with Gasteiger partial charge in [0.1, 0.15) is 18.2 Å². The van der Waals surface area contributed by atoms with Gasteiger partial charge in [-0.05, 0) is 48.5 Å². The first-order valence-electron chi connectivity index (χ1n) is 9.97. The van der Waals surface area contributed by atoms with Gasteiger partial charge >= 0.3 is 0 Å². The fourth-order valence-electron chi connectivity index (χ4n) is 3.21. The van der Waals surface area contributed by atoms with Crippen molar-refractivity contribution in [1.29, 1.82) is 0 Å². The van der Waals surface area contributed by atoms with Crippen molar-refractivity contribution in [2.75, 3.05) is 0 Å². The number of hydrogen-bond acceptors (Lipinski definition) is 4. The third-order valence-corrected chi connectivity index (χ3v) is 6.45. The van der Waals surface area contributed by atoms with Crippen molar-refractivity contribution in [3.63, 3.8) is 0 Å². The lowest BCUT2D eigenvalue weighted by Crippen LogP contribution is -2.22. The van der Waals surface area contributed by atoms with Gasteiger partial charge in [-0.15, -0.1) is 0 Å². The van der Waals surface area contributed by atoms with Crippen LogP contribution in [-0.2, 0) is 13.0 Å². The molecule has 0 unspecified atom stereocenters. The summed E-state index contributed by atoms with van der Waals surface area (Å²) in [5.74, 6) is 1.16. The SMILES string of the molecule is CCc1nc2ccc(Br)cc2c(=O)n1N=Cc1cc(Br)ccc1OCc1ccc(Cl)cc1Cl. The standard InChI is InChI=1S/C24H17Br2Cl2N3O2/c1-2-23-30-21-7-4-17(26)10-19(21)24(32)31(23)29-12-15-9-16(25)5-8-22(15)33-13-14-3-6-18(27)11-20(14)28/h3-12H,2,13H2,1H3. The molecule has 168 valence electrons. The molecule has 3 aromatic carbocycles. The van der Waals surface area contributed by atoms with E-state index >= 15 is 0 Å². The molecule has 33 heavy (non-hydrogen) atoms. The Morgan fingerprint density at radius 2 is 1.82 bits per heavy atom. The van der Waals surface area contributed by atoms with E-state index in [4.69, 9.17) is 27.9 Å². The zero-order valence-corrected chi connectivity index (χ0v) is 22.0. The number of fused-ring (bicyclic) bond motifs is 1. The number of nitrogens with zero attached hydrogens (tertiary/aromatic N) is 3. The van der Waals surface area contributed by atoms with Gasteiger partial charge in [0.05, 0.1) is 17.1 Å². The van der Waals surface area contributed by atoms with Crippen LogP contribution in [0.1, 0.15) is 23.9 Å². The molecule has 4 aromatic rings. The maximum atomic E-state index is 13.1. The molecular weight excluding hydrogens is 593 g/mol. The van der Waals surface area contributed by atoms with Gasteiger partial charge in [-0.25, -0.2) is 4.98 Å². The van der Waals surface area contributed by atoms with Crippen LogP contribution < -0.4 is 10.3 Å². The minimum atomic E-state index is -0.236. The first-order chi connectivity index (χ1) is 15.9. The number of ether oxygens (including phenoxy) is 1. The Bertz CT molecular complexity index is 1440. The van der Waals surface area contributed by atoms with Crippen molar-refractivity contribution < 1.29 is 4.74 Å². The van der Waals surface area contributed by atoms with E-state index in [9.17, 15) is 4.79 Å². The summed E-state index contributed by atoms with van der Waals surface area (Å²) in [5, 5.41) is 6.05. The highest BCUT2D eigenvalue weighted by molar-refractivity contribution is 9.10. The Labute approximate surface area is 217 Å². The van der Waals surface area contributed by atoms with Gasteiger partial charge in [-0.2, -0.15) is 9.78 Å². The number of hydrogen-bond donors (Lipinski definition) is 0. The van der Waals surface area contributed by atoms with Crippen molar-refractivity contribution in [2.24, 2.45) is 5.10 Å². The fourth-order valence-corrected chi connectivity index (χ4v) is 4.41. The van der Waals surface area contributed by atoms with Crippen molar-refractivity contribution in [3.8, 4) is 5.75 Å². The second kappa shape index (κ2) is 10.4. The van der Waals surface area contributed by atoms with Crippen LogP contribution in [0.25, 0.3) is 10.9 Å². The molecule has 0 bridgehead atoms. The second-order valence-electron chi connectivity index (χ2n) is 7.11. The number of aryl methyl sites for hydroxylation is 1. The van der Waals surface area contributed by atoms with Crippen LogP contribution in [0.2, 0.25) is 10.0 Å². The highest BCUT2D eigenvalue weighted by Crippen LogP contribution is 2.26. The highest BCUT2D eigenvalue weighted by atomic mass is 79.9. The number of halogens is 4. The Kier molecular flexibility index (Phi) is 7.54. The molecule has 0 fully saturated rings. The topological polar surface area (TPSA) is 56.5 Å². The fraction of sp³-hybridized carbons (Fsp3) is 0.125. The molecule has 0 radical (unpaired) electrons. The first kappa shape index (κ1) is 24.0. The van der Waals surface area contributed by atoms with Gasteiger partial charge in [0, 0.05) is 36.5 Å². The van der Waals surface area contributed by atoms with E-state index in [0.29, 0.717) is 44.5 Å². The Balaban J connectivity index is 1.70. The average Bonchev–Trinajstić information content (AvgIpc) is 2.79. The van der Waals surface area contributed by atoms with Crippen LogP contribution in [0, 0.1) is 0 Å². The van der Waals surface area contributed by atoms with Crippen LogP contribution in [0.15, 0.2) is 73.4 Å². The lowest BCUT2D eigenvalue weighted by Gasteiger charge is -2.12. The van der Waals surface area contributed by atoms with Gasteiger partial charge in [0.2, 0.25) is 0 Å². The van der Waals surface area contributed by atoms with Gasteiger partial charge < -0.3 is 4.74 Å². The van der Waals surface area contributed by atoms with Crippen molar-refractivity contribution in [1.82, 2.24) is 9.66 Å². The van der Waals surface area contributed by atoms with Gasteiger partial charge in [-0.1, -0.05) is 68.1 Å². The summed E-state index contributed by atoms with van der Waals surface area (Å²) in [4.78, 5) is 17.7. The smallest absolute Gasteiger partial charge is 0.282 e. The summed E-state index contributed by atoms with van der Waals surface area (Å²) in [6.45, 7) is 2.19. The molecule has 1 heterocycles. The van der Waals surface area contributed by atoms with Gasteiger partial charge in [0.15, 0.2) is 0 Å². The quantitative estimate of drug-likeness (QED) is 0.216. The summed E-state index contributed by atoms with van der Waals surface area (Å²) in [7, 11) is 0. The molecule has 0 spiro atoms. The van der Waals surface area contributed by atoms with E-state index in [-0.39, 0.29) is 12.2 Å². The van der Waals surface area contributed by atoms with Crippen LogP contribution in [0.5, 0.6) is 5.75 Å². The minimum absolute atomic E-state index is 0.236. The Hall–Kier alpha value is -2.19. The zero-order chi connectivity index (χ0) is 23.5. The van der Waals surface area contributed by atoms with Crippen LogP contribution in [0.3, 0.4) is 0 Å². The first-order valence-corrected chi connectivity index (χ1v) is 12.3. The molecule has 1 aromatic heterocycles. The van der Waals surface area contributed by atoms with E-state index in [2.05, 4.69) is 41.9 Å². The number of rotatable bonds is 6. The van der Waals surface area contributed by atoms with E-state index in [0.717, 1.165) is 14.5 Å². The van der Waals surface area contributed by atoms with Crippen molar-refractivity contribution in [2.45, 2.75) is 20.0 Å². The average molecular weight is 610 g/mol. The minimum Gasteiger partial charge on any atom is -0.488 e. The van der Waals surface area contributed by atoms with Crippen LogP contribution in [0.4, 0.5) is 0 Å². The summed E-state index contributed by atoms with van der Waals surface area (Å²) >= 11 is 19.1. The van der Waals surface area contributed by atoms with Gasteiger partial charge in [-0.3, -0.25) is 4.79 Å². The second-order valence-corrected chi connectivity index (χ2v) is 9.79. The van der Waals surface area contributed by atoms with Gasteiger partial charge in [0.25, 0.3) is 5.56 Å². The Morgan fingerprint density at radius 3 is 2.58 bits per heavy atom. The summed E-state index contributed by atoms with van der Waals surface area (Å²) in [6.07, 6.45) is 2.14. The molecule has 0 aliphatic heterocycles. The predicted octanol–water partition coefficient (Wildman–Crippen LogP) is 7.25. The van der Waals surface area contributed by atoms with Crippen LogP contribution in [-0.4, -0.2) is 15.9 Å². The van der Waals surface area contributed by atoms with Crippen molar-refractivity contribution >= 4 is 72.2 Å². The maximum absolute atomic E-state index is 13.1. The summed E-state index contributed by atoms with van der Waals surface area (Å²) in [6, 6.07) is 16.3. The molecule has 0 saturated heterocycles. The molecular formula is C24H17Br2Cl2N3O2. The molecule has 4 rings (SSSR count). The van der Waals surface area contributed by atoms with Crippen LogP contribution >= 0.6 is 55.1 Å². The van der Waals surface area contributed by atoms with E-state index in [1.165, 1.54) is 4.68 Å². The third kappa shape index (κ3) is 5.49. The number of aromatic nitrogens is 2. The number of benzene rings is 3. The summed E-state index contributed by atoms with van der Waals surface area (Å²) in [5.41, 5.74) is 1.90. The van der Waals surface area contributed by atoms with E-state index in [1.54, 1.807) is 24.4 Å². The Morgan fingerprint density at radius 1 is 1.06 bits per heavy atom. The van der Waals surface area contributed by atoms with Crippen molar-refractivity contribution in [3.05, 3.63) is 101 Å². The molecule has 9 heteroatoms. The monoisotopic (exact) mass is 607 g/mol. The molecule has 5 nitrogen and oxygen atoms in total. The summed E-state index contributed by atoms with van der Waals surface area (Å²) < 4.78 is 8.99. The van der Waals surface area contributed by atoms with E-state index < -0.39 is 0 Å². The molecule has 0 aliphatic carbocycles. The predicted molar refractivity (Wildman–Crippen MR) is 141 cm³/mol. The maximum Gasteiger partial charge on any atom is 0.282 e. The molecule has 0 N–H and O–H groups in total. The third-order valence-electron chi connectivity index (χ3n) is 4.87. The lowest BCUT2D eigenvalue weighted by atomic mass is 10.2. The lowest BCUT2D eigenvalue weighted by molar-refractivity contribution is 0.306. The molecule has 0 aliphatic rings. The molecule has 0 atom stereocenters. The zero-order valence-electron chi connectivity index (χ0n) is 17.4. The molecule has 0 saturated carbocycles. The highest BCUT2D eigenvalue weighted by Gasteiger charge is 2.11. The van der Waals surface area contributed by atoms with E-state index in [1.807, 2.05) is 43.3 Å².